The van der Waals surface area contributed by atoms with Crippen molar-refractivity contribution >= 4 is 27.2 Å². The molecule has 0 aliphatic heterocycles. The van der Waals surface area contributed by atoms with Crippen LogP contribution in [0.4, 0.5) is 0 Å². The van der Waals surface area contributed by atoms with Gasteiger partial charge in [0, 0.05) is 12.1 Å². The number of sulfonamides is 1. The Balaban J connectivity index is 2.78. The number of nitrogens with two attached hydrogens (primary N) is 1. The Morgan fingerprint density at radius 2 is 2.11 bits per heavy atom. The van der Waals surface area contributed by atoms with E-state index >= 15 is 0 Å². The van der Waals surface area contributed by atoms with E-state index in [0.717, 1.165) is 19.3 Å². The number of hydrogen-bond donors (Lipinski definition) is 2. The number of nitrogens with one attached hydrogen (secondary N) is 1. The van der Waals surface area contributed by atoms with Crippen LogP contribution >= 0.6 is 12.2 Å². The molecule has 0 atom stereocenters. The highest BCUT2D eigenvalue weighted by Gasteiger charge is 2.13. The van der Waals surface area contributed by atoms with Crippen LogP contribution in [-0.2, 0) is 10.0 Å². The largest absolute Gasteiger partial charge is 0.389 e. The Morgan fingerprint density at radius 3 is 2.72 bits per heavy atom. The van der Waals surface area contributed by atoms with Crippen LogP contribution in [0.5, 0.6) is 0 Å². The maximum atomic E-state index is 12.0. The summed E-state index contributed by atoms with van der Waals surface area (Å²) in [4.78, 5) is 0.391. The molecule has 3 N–H and O–H groups in total. The molecule has 18 heavy (non-hydrogen) atoms. The number of hydrogen-bond acceptors (Lipinski definition) is 3. The molecule has 1 aromatic carbocycles. The van der Waals surface area contributed by atoms with E-state index in [-0.39, 0.29) is 9.88 Å². The highest BCUT2D eigenvalue weighted by atomic mass is 32.2. The predicted octanol–water partition coefficient (Wildman–Crippen LogP) is 1.79. The molecule has 0 aliphatic rings. The number of rotatable bonds is 7. The van der Waals surface area contributed by atoms with Gasteiger partial charge in [0.25, 0.3) is 0 Å². The Hall–Kier alpha value is -0.980. The highest BCUT2D eigenvalue weighted by Crippen LogP contribution is 2.11. The van der Waals surface area contributed by atoms with Crippen molar-refractivity contribution in [3.8, 4) is 0 Å². The monoisotopic (exact) mass is 286 g/mol. The Kier molecular flexibility index (Phi) is 5.71. The fourth-order valence-electron chi connectivity index (χ4n) is 1.48. The summed E-state index contributed by atoms with van der Waals surface area (Å²) in [7, 11) is -3.46. The first-order valence-electron chi connectivity index (χ1n) is 5.87. The average Bonchev–Trinajstić information content (AvgIpc) is 2.35. The molecule has 0 spiro atoms. The molecule has 0 bridgehead atoms. The predicted molar refractivity (Wildman–Crippen MR) is 77.0 cm³/mol. The van der Waals surface area contributed by atoms with Crippen LogP contribution in [0.1, 0.15) is 31.7 Å². The van der Waals surface area contributed by atoms with Crippen molar-refractivity contribution in [2.45, 2.75) is 31.1 Å². The van der Waals surface area contributed by atoms with Crippen molar-refractivity contribution in [2.24, 2.45) is 5.73 Å². The maximum Gasteiger partial charge on any atom is 0.240 e. The molecule has 0 fully saturated rings. The van der Waals surface area contributed by atoms with Gasteiger partial charge in [0.2, 0.25) is 10.0 Å². The van der Waals surface area contributed by atoms with Gasteiger partial charge < -0.3 is 5.73 Å². The van der Waals surface area contributed by atoms with E-state index < -0.39 is 10.0 Å². The third-order valence-corrected chi connectivity index (χ3v) is 4.20. The molecule has 0 amide bonds. The summed E-state index contributed by atoms with van der Waals surface area (Å²) in [5.41, 5.74) is 6.04. The van der Waals surface area contributed by atoms with Crippen LogP contribution in [0, 0.1) is 0 Å². The molecule has 4 nitrogen and oxygen atoms in total. The molecular formula is C12H18N2O2S2. The first-order valence-corrected chi connectivity index (χ1v) is 7.76. The number of unbranched alkanes of at least 4 members (excludes halogenated alkanes) is 2. The lowest BCUT2D eigenvalue weighted by atomic mass is 10.2. The highest BCUT2D eigenvalue weighted by molar-refractivity contribution is 7.89. The molecule has 0 aromatic heterocycles. The Labute approximate surface area is 114 Å². The van der Waals surface area contributed by atoms with Crippen molar-refractivity contribution in [1.82, 2.24) is 4.72 Å². The first-order chi connectivity index (χ1) is 8.47. The quantitative estimate of drug-likeness (QED) is 0.592. The number of benzene rings is 1. The molecule has 1 rings (SSSR count). The lowest BCUT2D eigenvalue weighted by molar-refractivity contribution is 0.576. The Morgan fingerprint density at radius 1 is 1.39 bits per heavy atom. The van der Waals surface area contributed by atoms with Crippen LogP contribution in [0.3, 0.4) is 0 Å². The van der Waals surface area contributed by atoms with Gasteiger partial charge in [-0.2, -0.15) is 0 Å². The first kappa shape index (κ1) is 15.1. The second kappa shape index (κ2) is 6.82. The number of thiocarbonyl (C=S) groups is 1. The molecule has 6 heteroatoms. The molecule has 0 saturated carbocycles. The molecule has 0 unspecified atom stereocenters. The van der Waals surface area contributed by atoms with Gasteiger partial charge in [-0.25, -0.2) is 13.1 Å². The van der Waals surface area contributed by atoms with Crippen LogP contribution in [0.15, 0.2) is 29.2 Å². The van der Waals surface area contributed by atoms with Crippen LogP contribution in [-0.4, -0.2) is 20.0 Å². The van der Waals surface area contributed by atoms with Gasteiger partial charge in [-0.05, 0) is 18.6 Å². The van der Waals surface area contributed by atoms with E-state index in [1.807, 2.05) is 0 Å². The van der Waals surface area contributed by atoms with Gasteiger partial charge in [0.05, 0.1) is 4.90 Å². The molecule has 0 heterocycles. The molecule has 0 radical (unpaired) electrons. The molecular weight excluding hydrogens is 268 g/mol. The van der Waals surface area contributed by atoms with Gasteiger partial charge in [-0.1, -0.05) is 44.1 Å². The second-order valence-corrected chi connectivity index (χ2v) is 6.20. The fourth-order valence-corrected chi connectivity index (χ4v) is 2.73. The minimum Gasteiger partial charge on any atom is -0.389 e. The van der Waals surface area contributed by atoms with E-state index in [9.17, 15) is 8.42 Å². The van der Waals surface area contributed by atoms with Crippen molar-refractivity contribution in [2.75, 3.05) is 6.54 Å². The topological polar surface area (TPSA) is 72.2 Å². The molecule has 0 saturated heterocycles. The van der Waals surface area contributed by atoms with Gasteiger partial charge >= 0.3 is 0 Å². The molecule has 1 aromatic rings. The zero-order valence-electron chi connectivity index (χ0n) is 10.3. The van der Waals surface area contributed by atoms with Gasteiger partial charge in [-0.3, -0.25) is 0 Å². The third-order valence-electron chi connectivity index (χ3n) is 2.50. The summed E-state index contributed by atoms with van der Waals surface area (Å²) >= 11 is 4.83. The fraction of sp³-hybridized carbons (Fsp3) is 0.417. The smallest absolute Gasteiger partial charge is 0.240 e. The van der Waals surface area contributed by atoms with E-state index in [4.69, 9.17) is 18.0 Å². The lowest BCUT2D eigenvalue weighted by Crippen LogP contribution is -2.25. The molecule has 0 aliphatic carbocycles. The van der Waals surface area contributed by atoms with Gasteiger partial charge in [0.1, 0.15) is 4.99 Å². The van der Waals surface area contributed by atoms with E-state index in [0.29, 0.717) is 12.1 Å². The minimum absolute atomic E-state index is 0.193. The average molecular weight is 286 g/mol. The van der Waals surface area contributed by atoms with Gasteiger partial charge in [-0.15, -0.1) is 0 Å². The van der Waals surface area contributed by atoms with Crippen molar-refractivity contribution in [3.63, 3.8) is 0 Å². The Bertz CT molecular complexity index is 513. The van der Waals surface area contributed by atoms with E-state index in [1.165, 1.54) is 12.1 Å². The summed E-state index contributed by atoms with van der Waals surface area (Å²) in [6.07, 6.45) is 2.90. The molecule has 100 valence electrons. The third kappa shape index (κ3) is 4.36. The van der Waals surface area contributed by atoms with Gasteiger partial charge in [0.15, 0.2) is 0 Å². The van der Waals surface area contributed by atoms with Crippen molar-refractivity contribution in [3.05, 3.63) is 29.8 Å². The normalized spacial score (nSPS) is 11.4. The van der Waals surface area contributed by atoms with Crippen molar-refractivity contribution in [1.29, 1.82) is 0 Å². The lowest BCUT2D eigenvalue weighted by Gasteiger charge is -2.07. The zero-order chi connectivity index (χ0) is 13.6. The summed E-state index contributed by atoms with van der Waals surface area (Å²) in [6.45, 7) is 2.52. The van der Waals surface area contributed by atoms with E-state index in [1.54, 1.807) is 12.1 Å². The summed E-state index contributed by atoms with van der Waals surface area (Å²) < 4.78 is 26.5. The maximum absolute atomic E-state index is 12.0. The van der Waals surface area contributed by atoms with E-state index in [2.05, 4.69) is 11.6 Å². The van der Waals surface area contributed by atoms with Crippen LogP contribution < -0.4 is 10.5 Å². The standard InChI is InChI=1S/C12H18N2O2S2/c1-2-3-4-8-14-18(15,16)11-7-5-6-10(9-11)12(13)17/h5-7,9,14H,2-4,8H2,1H3,(H2,13,17). The van der Waals surface area contributed by atoms with Crippen LogP contribution in [0.2, 0.25) is 0 Å². The SMILES string of the molecule is CCCCCNS(=O)(=O)c1cccc(C(N)=S)c1. The van der Waals surface area contributed by atoms with Crippen molar-refractivity contribution < 1.29 is 8.42 Å². The van der Waals surface area contributed by atoms with Crippen LogP contribution in [0.25, 0.3) is 0 Å². The summed E-state index contributed by atoms with van der Waals surface area (Å²) in [6, 6.07) is 6.35. The minimum atomic E-state index is -3.46. The zero-order valence-corrected chi connectivity index (χ0v) is 12.0. The second-order valence-electron chi connectivity index (χ2n) is 4.00. The summed E-state index contributed by atoms with van der Waals surface area (Å²) in [5.74, 6) is 0. The summed E-state index contributed by atoms with van der Waals surface area (Å²) in [5, 5.41) is 0.